The zero-order valence-corrected chi connectivity index (χ0v) is 7.29. The molecule has 0 saturated carbocycles. The molecule has 6 nitrogen and oxygen atoms in total. The van der Waals surface area contributed by atoms with E-state index in [4.69, 9.17) is 28.7 Å². The molecule has 0 aromatic rings. The highest BCUT2D eigenvalue weighted by Gasteiger charge is 2.42. The molecule has 1 aliphatic rings. The van der Waals surface area contributed by atoms with Crippen LogP contribution in [0.4, 0.5) is 0 Å². The average Bonchev–Trinajstić information content (AvgIpc) is 2.01. The molecule has 0 saturated heterocycles. The molecule has 13 heavy (non-hydrogen) atoms. The smallest absolute Gasteiger partial charge is 0.239 e. The third-order valence-electron chi connectivity index (χ3n) is 2.46. The standard InChI is InChI=1S/C7H15N5O/c8-3-1-5(10)7(12,6(11)13)2-4(3)9/h5H,1-2,8-10,12H2,(H2,11,13). The Morgan fingerprint density at radius 2 is 1.92 bits per heavy atom. The number of carbonyl (C=O) groups excluding carboxylic acids is 1. The van der Waals surface area contributed by atoms with Crippen molar-refractivity contribution in [1.29, 1.82) is 0 Å². The maximum atomic E-state index is 11.0. The lowest BCUT2D eigenvalue weighted by molar-refractivity contribution is -0.124. The lowest BCUT2D eigenvalue weighted by Crippen LogP contribution is -2.65. The summed E-state index contributed by atoms with van der Waals surface area (Å²) in [5, 5.41) is 0. The number of primary amides is 1. The number of hydrogen-bond acceptors (Lipinski definition) is 5. The third kappa shape index (κ3) is 1.45. The van der Waals surface area contributed by atoms with Crippen LogP contribution in [0.1, 0.15) is 12.8 Å². The lowest BCUT2D eigenvalue weighted by atomic mass is 9.79. The van der Waals surface area contributed by atoms with E-state index in [2.05, 4.69) is 0 Å². The summed E-state index contributed by atoms with van der Waals surface area (Å²) in [5.74, 6) is -0.643. The molecule has 2 atom stereocenters. The first kappa shape index (κ1) is 9.82. The Hall–Kier alpha value is -1.27. The van der Waals surface area contributed by atoms with E-state index in [0.29, 0.717) is 17.8 Å². The summed E-state index contributed by atoms with van der Waals surface area (Å²) in [6.07, 6.45) is 0.445. The van der Waals surface area contributed by atoms with Gasteiger partial charge in [0.15, 0.2) is 0 Å². The summed E-state index contributed by atoms with van der Waals surface area (Å²) in [4.78, 5) is 11.0. The minimum atomic E-state index is -1.26. The van der Waals surface area contributed by atoms with Crippen molar-refractivity contribution in [2.45, 2.75) is 24.4 Å². The van der Waals surface area contributed by atoms with Gasteiger partial charge in [-0.1, -0.05) is 0 Å². The zero-order valence-electron chi connectivity index (χ0n) is 7.29. The maximum Gasteiger partial charge on any atom is 0.239 e. The largest absolute Gasteiger partial charge is 0.401 e. The number of nitrogens with two attached hydrogens (primary N) is 5. The Labute approximate surface area is 76.1 Å². The molecule has 74 valence electrons. The van der Waals surface area contributed by atoms with E-state index in [1.807, 2.05) is 0 Å². The van der Waals surface area contributed by atoms with Crippen LogP contribution in [-0.4, -0.2) is 17.5 Å². The first-order valence-corrected chi connectivity index (χ1v) is 3.95. The van der Waals surface area contributed by atoms with Crippen molar-refractivity contribution >= 4 is 5.91 Å². The molecular formula is C7H15N5O. The molecule has 0 spiro atoms. The van der Waals surface area contributed by atoms with Crippen LogP contribution in [-0.2, 0) is 4.79 Å². The molecule has 2 unspecified atom stereocenters. The highest BCUT2D eigenvalue weighted by atomic mass is 16.1. The van der Waals surface area contributed by atoms with Gasteiger partial charge >= 0.3 is 0 Å². The van der Waals surface area contributed by atoms with Crippen molar-refractivity contribution in [2.75, 3.05) is 0 Å². The molecule has 0 aromatic carbocycles. The molecule has 0 aliphatic heterocycles. The molecule has 0 radical (unpaired) electrons. The number of rotatable bonds is 1. The minimum Gasteiger partial charge on any atom is -0.401 e. The Bertz CT molecular complexity index is 274. The van der Waals surface area contributed by atoms with Gasteiger partial charge in [-0.15, -0.1) is 0 Å². The Balaban J connectivity index is 2.99. The average molecular weight is 185 g/mol. The van der Waals surface area contributed by atoms with Crippen LogP contribution in [0.5, 0.6) is 0 Å². The fourth-order valence-corrected chi connectivity index (χ4v) is 1.38. The van der Waals surface area contributed by atoms with Crippen molar-refractivity contribution < 1.29 is 4.79 Å². The van der Waals surface area contributed by atoms with Crippen molar-refractivity contribution in [1.82, 2.24) is 0 Å². The predicted octanol–water partition coefficient (Wildman–Crippen LogP) is -2.58. The molecule has 1 aliphatic carbocycles. The quantitative estimate of drug-likeness (QED) is 0.304. The van der Waals surface area contributed by atoms with Crippen LogP contribution in [0.2, 0.25) is 0 Å². The van der Waals surface area contributed by atoms with Gasteiger partial charge in [-0.05, 0) is 0 Å². The second kappa shape index (κ2) is 2.90. The van der Waals surface area contributed by atoms with Gasteiger partial charge in [0.2, 0.25) is 5.91 Å². The van der Waals surface area contributed by atoms with Gasteiger partial charge in [0, 0.05) is 30.3 Å². The summed E-state index contributed by atoms with van der Waals surface area (Å²) in [6.45, 7) is 0. The lowest BCUT2D eigenvalue weighted by Gasteiger charge is -2.36. The number of hydrogen-bond donors (Lipinski definition) is 5. The summed E-state index contributed by atoms with van der Waals surface area (Å²) in [5.41, 5.74) is 27.3. The highest BCUT2D eigenvalue weighted by Crippen LogP contribution is 2.25. The van der Waals surface area contributed by atoms with Gasteiger partial charge in [0.1, 0.15) is 5.54 Å². The second-order valence-corrected chi connectivity index (χ2v) is 3.44. The molecule has 1 amide bonds. The van der Waals surface area contributed by atoms with E-state index in [-0.39, 0.29) is 6.42 Å². The van der Waals surface area contributed by atoms with E-state index in [9.17, 15) is 4.79 Å². The van der Waals surface area contributed by atoms with E-state index in [0.717, 1.165) is 0 Å². The topological polar surface area (TPSA) is 147 Å². The van der Waals surface area contributed by atoms with Crippen LogP contribution < -0.4 is 28.7 Å². The monoisotopic (exact) mass is 185 g/mol. The van der Waals surface area contributed by atoms with E-state index < -0.39 is 17.5 Å². The van der Waals surface area contributed by atoms with Gasteiger partial charge in [0.25, 0.3) is 0 Å². The summed E-state index contributed by atoms with van der Waals surface area (Å²) >= 11 is 0. The molecule has 1 rings (SSSR count). The normalized spacial score (nSPS) is 34.8. The number of amides is 1. The van der Waals surface area contributed by atoms with Gasteiger partial charge in [0.05, 0.1) is 0 Å². The van der Waals surface area contributed by atoms with Crippen molar-refractivity contribution in [3.63, 3.8) is 0 Å². The maximum absolute atomic E-state index is 11.0. The van der Waals surface area contributed by atoms with Crippen molar-refractivity contribution in [3.05, 3.63) is 11.4 Å². The Morgan fingerprint density at radius 3 is 2.38 bits per heavy atom. The molecule has 0 fully saturated rings. The summed E-state index contributed by atoms with van der Waals surface area (Å²) in [7, 11) is 0. The first-order chi connectivity index (χ1) is 5.88. The van der Waals surface area contributed by atoms with E-state index in [1.165, 1.54) is 0 Å². The molecule has 0 heterocycles. The van der Waals surface area contributed by atoms with Crippen LogP contribution in [0, 0.1) is 0 Å². The SMILES string of the molecule is NC(=O)C1(N)CC(N)=C(N)CC1N. The molecule has 0 bridgehead atoms. The van der Waals surface area contributed by atoms with E-state index >= 15 is 0 Å². The highest BCUT2D eigenvalue weighted by molar-refractivity contribution is 5.86. The molecule has 6 heteroatoms. The molecule has 0 aromatic heterocycles. The third-order valence-corrected chi connectivity index (χ3v) is 2.46. The molecular weight excluding hydrogens is 170 g/mol. The molecule has 10 N–H and O–H groups in total. The van der Waals surface area contributed by atoms with Crippen molar-refractivity contribution in [3.8, 4) is 0 Å². The minimum absolute atomic E-state index is 0.134. The van der Waals surface area contributed by atoms with Crippen molar-refractivity contribution in [2.24, 2.45) is 28.7 Å². The van der Waals surface area contributed by atoms with Crippen LogP contribution in [0.25, 0.3) is 0 Å². The van der Waals surface area contributed by atoms with E-state index in [1.54, 1.807) is 0 Å². The fourth-order valence-electron chi connectivity index (χ4n) is 1.38. The van der Waals surface area contributed by atoms with Crippen LogP contribution in [0.15, 0.2) is 11.4 Å². The summed E-state index contributed by atoms with van der Waals surface area (Å²) in [6, 6.07) is -0.558. The van der Waals surface area contributed by atoms with Crippen LogP contribution >= 0.6 is 0 Å². The Morgan fingerprint density at radius 1 is 1.38 bits per heavy atom. The second-order valence-electron chi connectivity index (χ2n) is 3.44. The van der Waals surface area contributed by atoms with Gasteiger partial charge in [-0.2, -0.15) is 0 Å². The Kier molecular flexibility index (Phi) is 2.19. The zero-order chi connectivity index (χ0) is 10.2. The van der Waals surface area contributed by atoms with Gasteiger partial charge in [-0.3, -0.25) is 4.79 Å². The first-order valence-electron chi connectivity index (χ1n) is 3.95. The van der Waals surface area contributed by atoms with Gasteiger partial charge < -0.3 is 28.7 Å². The predicted molar refractivity (Wildman–Crippen MR) is 48.7 cm³/mol. The fraction of sp³-hybridized carbons (Fsp3) is 0.571. The van der Waals surface area contributed by atoms with Crippen LogP contribution in [0.3, 0.4) is 0 Å². The van der Waals surface area contributed by atoms with Gasteiger partial charge in [-0.25, -0.2) is 0 Å². The summed E-state index contributed by atoms with van der Waals surface area (Å²) < 4.78 is 0. The number of carbonyl (C=O) groups is 1.